The van der Waals surface area contributed by atoms with Crippen LogP contribution in [0, 0.1) is 5.82 Å². The Morgan fingerprint density at radius 1 is 0.971 bits per heavy atom. The van der Waals surface area contributed by atoms with Crippen LogP contribution in [0.5, 0.6) is 11.5 Å². The van der Waals surface area contributed by atoms with Gasteiger partial charge < -0.3 is 14.4 Å². The highest BCUT2D eigenvalue weighted by atomic mass is 32.2. The van der Waals surface area contributed by atoms with Crippen molar-refractivity contribution in [2.45, 2.75) is 18.4 Å². The highest BCUT2D eigenvalue weighted by Crippen LogP contribution is 2.30. The monoisotopic (exact) mass is 499 g/mol. The number of carbonyl (C=O) groups excluding carboxylic acids is 1. The standard InChI is InChI=1S/C25H26FN3O5S/c1-2-33-24-16-20(6-7-23(24)34-18-19-8-10-27-11-9-19)25(30)28-12-14-29(15-13-28)35(31,32)22-5-3-4-21(26)17-22/h3-11,16-17H,2,12-15,18H2,1H3. The minimum atomic E-state index is -3.83. The van der Waals surface area contributed by atoms with Crippen LogP contribution in [-0.2, 0) is 16.6 Å². The predicted octanol–water partition coefficient (Wildman–Crippen LogP) is 3.35. The maximum Gasteiger partial charge on any atom is 0.254 e. The van der Waals surface area contributed by atoms with Crippen LogP contribution in [0.15, 0.2) is 71.9 Å². The van der Waals surface area contributed by atoms with E-state index in [9.17, 15) is 17.6 Å². The Labute approximate surface area is 204 Å². The summed E-state index contributed by atoms with van der Waals surface area (Å²) < 4.78 is 52.0. The number of ether oxygens (including phenoxy) is 2. The number of piperazine rings is 1. The SMILES string of the molecule is CCOc1cc(C(=O)N2CCN(S(=O)(=O)c3cccc(F)c3)CC2)ccc1OCc1ccncc1. The number of sulfonamides is 1. The maximum absolute atomic E-state index is 13.5. The summed E-state index contributed by atoms with van der Waals surface area (Å²) in [5.41, 5.74) is 1.37. The van der Waals surface area contributed by atoms with Crippen LogP contribution in [-0.4, -0.2) is 61.3 Å². The van der Waals surface area contributed by atoms with Gasteiger partial charge in [0.2, 0.25) is 10.0 Å². The van der Waals surface area contributed by atoms with Crippen molar-refractivity contribution < 1.29 is 27.1 Å². The van der Waals surface area contributed by atoms with Gasteiger partial charge in [0.1, 0.15) is 12.4 Å². The number of nitrogens with zero attached hydrogens (tertiary/aromatic N) is 3. The zero-order valence-electron chi connectivity index (χ0n) is 19.3. The second-order valence-corrected chi connectivity index (χ2v) is 9.83. The van der Waals surface area contributed by atoms with E-state index in [0.717, 1.165) is 11.6 Å². The molecule has 0 bridgehead atoms. The van der Waals surface area contributed by atoms with Crippen molar-refractivity contribution in [2.24, 2.45) is 0 Å². The molecule has 0 spiro atoms. The van der Waals surface area contributed by atoms with E-state index in [-0.39, 0.29) is 37.0 Å². The number of aromatic nitrogens is 1. The van der Waals surface area contributed by atoms with Crippen molar-refractivity contribution in [1.29, 1.82) is 0 Å². The minimum absolute atomic E-state index is 0.0963. The predicted molar refractivity (Wildman–Crippen MR) is 127 cm³/mol. The molecule has 184 valence electrons. The number of pyridine rings is 1. The lowest BCUT2D eigenvalue weighted by Gasteiger charge is -2.34. The van der Waals surface area contributed by atoms with Gasteiger partial charge in [0, 0.05) is 44.1 Å². The average Bonchev–Trinajstić information content (AvgIpc) is 2.88. The van der Waals surface area contributed by atoms with Crippen LogP contribution < -0.4 is 9.47 Å². The van der Waals surface area contributed by atoms with E-state index in [1.807, 2.05) is 19.1 Å². The van der Waals surface area contributed by atoms with Crippen LogP contribution in [0.4, 0.5) is 4.39 Å². The highest BCUT2D eigenvalue weighted by Gasteiger charge is 2.31. The largest absolute Gasteiger partial charge is 0.490 e. The fraction of sp³-hybridized carbons (Fsp3) is 0.280. The number of benzene rings is 2. The third-order valence-electron chi connectivity index (χ3n) is 5.59. The summed E-state index contributed by atoms with van der Waals surface area (Å²) in [5, 5.41) is 0. The zero-order valence-corrected chi connectivity index (χ0v) is 20.1. The van der Waals surface area contributed by atoms with E-state index >= 15 is 0 Å². The van der Waals surface area contributed by atoms with Gasteiger partial charge in [0.25, 0.3) is 5.91 Å². The fourth-order valence-electron chi connectivity index (χ4n) is 3.76. The van der Waals surface area contributed by atoms with Crippen LogP contribution >= 0.6 is 0 Å². The van der Waals surface area contributed by atoms with Crippen LogP contribution in [0.1, 0.15) is 22.8 Å². The molecule has 1 aliphatic heterocycles. The van der Waals surface area contributed by atoms with Gasteiger partial charge in [-0.05, 0) is 61.0 Å². The third kappa shape index (κ3) is 5.77. The van der Waals surface area contributed by atoms with Crippen molar-refractivity contribution in [3.63, 3.8) is 0 Å². The first-order chi connectivity index (χ1) is 16.9. The molecule has 0 saturated carbocycles. The number of carbonyl (C=O) groups is 1. The van der Waals surface area contributed by atoms with E-state index in [1.165, 1.54) is 22.5 Å². The zero-order chi connectivity index (χ0) is 24.8. The summed E-state index contributed by atoms with van der Waals surface area (Å²) in [6, 6.07) is 13.6. The van der Waals surface area contributed by atoms with E-state index in [2.05, 4.69) is 4.98 Å². The summed E-state index contributed by atoms with van der Waals surface area (Å²) in [7, 11) is -3.83. The van der Waals surface area contributed by atoms with E-state index in [4.69, 9.17) is 9.47 Å². The highest BCUT2D eigenvalue weighted by molar-refractivity contribution is 7.89. The average molecular weight is 500 g/mol. The summed E-state index contributed by atoms with van der Waals surface area (Å²) >= 11 is 0. The normalized spacial score (nSPS) is 14.5. The Balaban J connectivity index is 1.42. The quantitative estimate of drug-likeness (QED) is 0.472. The molecule has 0 atom stereocenters. The van der Waals surface area contributed by atoms with Gasteiger partial charge in [-0.1, -0.05) is 6.07 Å². The molecule has 1 amide bonds. The van der Waals surface area contributed by atoms with E-state index in [1.54, 1.807) is 35.5 Å². The summed E-state index contributed by atoms with van der Waals surface area (Å²) in [4.78, 5) is 18.6. The molecule has 2 aromatic carbocycles. The molecule has 2 heterocycles. The molecule has 1 aromatic heterocycles. The van der Waals surface area contributed by atoms with E-state index < -0.39 is 15.8 Å². The Hall–Kier alpha value is -3.50. The van der Waals surface area contributed by atoms with Gasteiger partial charge in [0.05, 0.1) is 11.5 Å². The Bertz CT molecular complexity index is 1280. The molecule has 0 N–H and O–H groups in total. The van der Waals surface area contributed by atoms with Crippen molar-refractivity contribution in [3.05, 3.63) is 83.9 Å². The Morgan fingerprint density at radius 2 is 1.71 bits per heavy atom. The Kier molecular flexibility index (Phi) is 7.62. The van der Waals surface area contributed by atoms with Crippen molar-refractivity contribution in [2.75, 3.05) is 32.8 Å². The topological polar surface area (TPSA) is 89.0 Å². The first kappa shape index (κ1) is 24.6. The molecule has 35 heavy (non-hydrogen) atoms. The van der Waals surface area contributed by atoms with Crippen LogP contribution in [0.3, 0.4) is 0 Å². The first-order valence-electron chi connectivity index (χ1n) is 11.2. The summed E-state index contributed by atoms with van der Waals surface area (Å²) in [5.74, 6) is 0.138. The van der Waals surface area contributed by atoms with Crippen molar-refractivity contribution >= 4 is 15.9 Å². The lowest BCUT2D eigenvalue weighted by atomic mass is 10.1. The number of hydrogen-bond donors (Lipinski definition) is 0. The molecule has 0 radical (unpaired) electrons. The lowest BCUT2D eigenvalue weighted by Crippen LogP contribution is -2.50. The first-order valence-corrected chi connectivity index (χ1v) is 12.7. The Morgan fingerprint density at radius 3 is 2.40 bits per heavy atom. The minimum Gasteiger partial charge on any atom is -0.490 e. The van der Waals surface area contributed by atoms with E-state index in [0.29, 0.717) is 30.3 Å². The second kappa shape index (κ2) is 10.8. The number of rotatable bonds is 8. The second-order valence-electron chi connectivity index (χ2n) is 7.89. The van der Waals surface area contributed by atoms with Gasteiger partial charge >= 0.3 is 0 Å². The fourth-order valence-corrected chi connectivity index (χ4v) is 5.21. The molecular weight excluding hydrogens is 473 g/mol. The van der Waals surface area contributed by atoms with Gasteiger partial charge in [-0.15, -0.1) is 0 Å². The molecule has 0 unspecified atom stereocenters. The van der Waals surface area contributed by atoms with Crippen molar-refractivity contribution in [3.8, 4) is 11.5 Å². The van der Waals surface area contributed by atoms with Gasteiger partial charge in [-0.2, -0.15) is 4.31 Å². The molecular formula is C25H26FN3O5S. The number of amides is 1. The van der Waals surface area contributed by atoms with Crippen LogP contribution in [0.25, 0.3) is 0 Å². The third-order valence-corrected chi connectivity index (χ3v) is 7.49. The number of hydrogen-bond acceptors (Lipinski definition) is 6. The van der Waals surface area contributed by atoms with Gasteiger partial charge in [-0.25, -0.2) is 12.8 Å². The van der Waals surface area contributed by atoms with Gasteiger partial charge in [-0.3, -0.25) is 9.78 Å². The molecule has 0 aliphatic carbocycles. The summed E-state index contributed by atoms with van der Waals surface area (Å²) in [6.45, 7) is 3.26. The lowest BCUT2D eigenvalue weighted by molar-refractivity contribution is 0.0697. The molecule has 1 aliphatic rings. The smallest absolute Gasteiger partial charge is 0.254 e. The van der Waals surface area contributed by atoms with Crippen molar-refractivity contribution in [1.82, 2.24) is 14.2 Å². The maximum atomic E-state index is 13.5. The molecule has 8 nitrogen and oxygen atoms in total. The molecule has 1 fully saturated rings. The molecule has 1 saturated heterocycles. The molecule has 4 rings (SSSR count). The van der Waals surface area contributed by atoms with Gasteiger partial charge in [0.15, 0.2) is 11.5 Å². The summed E-state index contributed by atoms with van der Waals surface area (Å²) in [6.07, 6.45) is 3.38. The molecule has 10 heteroatoms. The molecule has 3 aromatic rings. The van der Waals surface area contributed by atoms with Crippen LogP contribution in [0.2, 0.25) is 0 Å². The number of halogens is 1.